The number of benzene rings is 2. The highest BCUT2D eigenvalue weighted by Crippen LogP contribution is 2.17. The Labute approximate surface area is 158 Å². The minimum Gasteiger partial charge on any atom is -0.335 e. The van der Waals surface area contributed by atoms with Crippen LogP contribution in [0.1, 0.15) is 30.9 Å². The minimum absolute atomic E-state index is 0.111. The number of carbonyl (C=O) groups is 1. The van der Waals surface area contributed by atoms with Crippen LogP contribution in [0.25, 0.3) is 0 Å². The fraction of sp³-hybridized carbons (Fsp3) is 0.381. The number of halogens is 2. The van der Waals surface area contributed by atoms with Gasteiger partial charge in [0, 0.05) is 31.4 Å². The Morgan fingerprint density at radius 3 is 2.56 bits per heavy atom. The van der Waals surface area contributed by atoms with Gasteiger partial charge >= 0.3 is 6.03 Å². The molecule has 0 bridgehead atoms. The lowest BCUT2D eigenvalue weighted by Crippen LogP contribution is -2.45. The Kier molecular flexibility index (Phi) is 6.40. The number of nitrogens with one attached hydrogen (secondary N) is 2. The van der Waals surface area contributed by atoms with E-state index < -0.39 is 11.6 Å². The third-order valence-corrected chi connectivity index (χ3v) is 4.96. The summed E-state index contributed by atoms with van der Waals surface area (Å²) in [7, 11) is 0. The average Bonchev–Trinajstić information content (AvgIpc) is 2.67. The van der Waals surface area contributed by atoms with Crippen molar-refractivity contribution in [3.63, 3.8) is 0 Å². The molecule has 0 spiro atoms. The van der Waals surface area contributed by atoms with Gasteiger partial charge < -0.3 is 10.6 Å². The molecule has 0 unspecified atom stereocenters. The lowest BCUT2D eigenvalue weighted by atomic mass is 10.0. The summed E-state index contributed by atoms with van der Waals surface area (Å²) in [6.45, 7) is 4.24. The summed E-state index contributed by atoms with van der Waals surface area (Å²) >= 11 is 0. The first-order valence-electron chi connectivity index (χ1n) is 9.37. The Morgan fingerprint density at radius 1 is 1.11 bits per heavy atom. The summed E-state index contributed by atoms with van der Waals surface area (Å²) in [6, 6.07) is 11.7. The third-order valence-electron chi connectivity index (χ3n) is 4.96. The topological polar surface area (TPSA) is 44.4 Å². The van der Waals surface area contributed by atoms with Gasteiger partial charge in [0.05, 0.1) is 0 Å². The molecular formula is C21H25F2N3O. The van der Waals surface area contributed by atoms with Crippen LogP contribution in [-0.4, -0.2) is 30.1 Å². The molecule has 4 nitrogen and oxygen atoms in total. The monoisotopic (exact) mass is 373 g/mol. The van der Waals surface area contributed by atoms with Crippen LogP contribution in [0.3, 0.4) is 0 Å². The van der Waals surface area contributed by atoms with Gasteiger partial charge in [0.25, 0.3) is 0 Å². The number of anilines is 1. The predicted molar refractivity (Wildman–Crippen MR) is 103 cm³/mol. The fourth-order valence-corrected chi connectivity index (χ4v) is 3.43. The normalized spacial score (nSPS) is 15.5. The van der Waals surface area contributed by atoms with E-state index in [1.807, 2.05) is 24.3 Å². The van der Waals surface area contributed by atoms with E-state index >= 15 is 0 Å². The maximum Gasteiger partial charge on any atom is 0.319 e. The molecule has 2 aromatic carbocycles. The second kappa shape index (κ2) is 8.95. The average molecular weight is 373 g/mol. The van der Waals surface area contributed by atoms with Crippen LogP contribution >= 0.6 is 0 Å². The van der Waals surface area contributed by atoms with Gasteiger partial charge in [-0.25, -0.2) is 13.6 Å². The maximum absolute atomic E-state index is 13.3. The van der Waals surface area contributed by atoms with E-state index in [2.05, 4.69) is 22.5 Å². The van der Waals surface area contributed by atoms with Gasteiger partial charge in [-0.05, 0) is 48.6 Å². The quantitative estimate of drug-likeness (QED) is 0.820. The number of amides is 2. The van der Waals surface area contributed by atoms with E-state index in [-0.39, 0.29) is 12.1 Å². The van der Waals surface area contributed by atoms with Crippen LogP contribution in [0.2, 0.25) is 0 Å². The number of hydrogen-bond donors (Lipinski definition) is 2. The van der Waals surface area contributed by atoms with Crippen molar-refractivity contribution in [3.8, 4) is 0 Å². The molecule has 1 aliphatic heterocycles. The van der Waals surface area contributed by atoms with Crippen LogP contribution in [0.5, 0.6) is 0 Å². The van der Waals surface area contributed by atoms with Crippen LogP contribution in [0.15, 0.2) is 42.5 Å². The first kappa shape index (κ1) is 19.3. The lowest BCUT2D eigenvalue weighted by molar-refractivity contribution is 0.189. The van der Waals surface area contributed by atoms with E-state index in [1.54, 1.807) is 6.07 Å². The Balaban J connectivity index is 1.46. The number of para-hydroxylation sites is 1. The number of rotatable bonds is 5. The molecule has 2 N–H and O–H groups in total. The summed E-state index contributed by atoms with van der Waals surface area (Å²) in [5.41, 5.74) is 2.71. The molecule has 1 heterocycles. The van der Waals surface area contributed by atoms with E-state index in [9.17, 15) is 13.6 Å². The number of nitrogens with zero attached hydrogens (tertiary/aromatic N) is 1. The minimum atomic E-state index is -0.822. The first-order valence-corrected chi connectivity index (χ1v) is 9.37. The SMILES string of the molecule is CCc1ccccc1NC(=O)NC1CCN(Cc2ccc(F)c(F)c2)CC1. The molecule has 0 aromatic heterocycles. The standard InChI is InChI=1S/C21H25F2N3O/c1-2-16-5-3-4-6-20(16)25-21(27)24-17-9-11-26(12-10-17)14-15-7-8-18(22)19(23)13-15/h3-8,13,17H,2,9-12,14H2,1H3,(H2,24,25,27). The molecule has 27 heavy (non-hydrogen) atoms. The highest BCUT2D eigenvalue weighted by Gasteiger charge is 2.21. The molecule has 0 aliphatic carbocycles. The van der Waals surface area contributed by atoms with Gasteiger partial charge in [-0.3, -0.25) is 4.90 Å². The van der Waals surface area contributed by atoms with Gasteiger partial charge in [-0.2, -0.15) is 0 Å². The molecule has 144 valence electrons. The van der Waals surface area contributed by atoms with Crippen LogP contribution < -0.4 is 10.6 Å². The van der Waals surface area contributed by atoms with Gasteiger partial charge in [-0.15, -0.1) is 0 Å². The second-order valence-corrected chi connectivity index (χ2v) is 6.91. The van der Waals surface area contributed by atoms with E-state index in [1.165, 1.54) is 6.07 Å². The van der Waals surface area contributed by atoms with Crippen molar-refractivity contribution in [2.75, 3.05) is 18.4 Å². The summed E-state index contributed by atoms with van der Waals surface area (Å²) < 4.78 is 26.3. The molecule has 3 rings (SSSR count). The van der Waals surface area contributed by atoms with E-state index in [0.29, 0.717) is 6.54 Å². The fourth-order valence-electron chi connectivity index (χ4n) is 3.43. The highest BCUT2D eigenvalue weighted by molar-refractivity contribution is 5.90. The van der Waals surface area contributed by atoms with Crippen molar-refractivity contribution >= 4 is 11.7 Å². The maximum atomic E-state index is 13.3. The zero-order valence-corrected chi connectivity index (χ0v) is 15.5. The lowest BCUT2D eigenvalue weighted by Gasteiger charge is -2.32. The molecule has 1 saturated heterocycles. The summed E-state index contributed by atoms with van der Waals surface area (Å²) in [6.07, 6.45) is 2.51. The molecule has 0 saturated carbocycles. The zero-order valence-electron chi connectivity index (χ0n) is 15.5. The highest BCUT2D eigenvalue weighted by atomic mass is 19.2. The number of hydrogen-bond acceptors (Lipinski definition) is 2. The van der Waals surface area contributed by atoms with Crippen molar-refractivity contribution in [1.82, 2.24) is 10.2 Å². The van der Waals surface area contributed by atoms with E-state index in [0.717, 1.165) is 55.2 Å². The molecule has 1 aliphatic rings. The molecule has 2 aromatic rings. The smallest absolute Gasteiger partial charge is 0.319 e. The van der Waals surface area contributed by atoms with Gasteiger partial charge in [0.1, 0.15) is 0 Å². The van der Waals surface area contributed by atoms with Crippen molar-refractivity contribution in [1.29, 1.82) is 0 Å². The summed E-state index contributed by atoms with van der Waals surface area (Å²) in [5.74, 6) is -1.63. The van der Waals surface area contributed by atoms with Crippen molar-refractivity contribution in [3.05, 3.63) is 65.2 Å². The molecule has 1 fully saturated rings. The molecule has 0 radical (unpaired) electrons. The second-order valence-electron chi connectivity index (χ2n) is 6.91. The summed E-state index contributed by atoms with van der Waals surface area (Å²) in [4.78, 5) is 14.5. The van der Waals surface area contributed by atoms with E-state index in [4.69, 9.17) is 0 Å². The van der Waals surface area contributed by atoms with Crippen molar-refractivity contribution < 1.29 is 13.6 Å². The largest absolute Gasteiger partial charge is 0.335 e. The summed E-state index contributed by atoms with van der Waals surface area (Å²) in [5, 5.41) is 5.96. The van der Waals surface area contributed by atoms with Crippen LogP contribution in [-0.2, 0) is 13.0 Å². The number of carbonyl (C=O) groups excluding carboxylic acids is 1. The number of urea groups is 1. The molecule has 2 amide bonds. The molecule has 0 atom stereocenters. The predicted octanol–water partition coefficient (Wildman–Crippen LogP) is 4.31. The van der Waals surface area contributed by atoms with Gasteiger partial charge in [0.2, 0.25) is 0 Å². The number of piperidine rings is 1. The van der Waals surface area contributed by atoms with Crippen LogP contribution in [0, 0.1) is 11.6 Å². The van der Waals surface area contributed by atoms with Crippen molar-refractivity contribution in [2.24, 2.45) is 0 Å². The Morgan fingerprint density at radius 2 is 1.85 bits per heavy atom. The molecular weight excluding hydrogens is 348 g/mol. The van der Waals surface area contributed by atoms with Gasteiger partial charge in [-0.1, -0.05) is 31.2 Å². The van der Waals surface area contributed by atoms with Crippen LogP contribution in [0.4, 0.5) is 19.3 Å². The number of aryl methyl sites for hydroxylation is 1. The first-order chi connectivity index (χ1) is 13.0. The Hall–Kier alpha value is -2.47. The zero-order chi connectivity index (χ0) is 19.2. The van der Waals surface area contributed by atoms with Gasteiger partial charge in [0.15, 0.2) is 11.6 Å². The number of likely N-dealkylation sites (tertiary alicyclic amines) is 1. The third kappa shape index (κ3) is 5.26. The Bertz CT molecular complexity index is 789. The molecule has 6 heteroatoms. The van der Waals surface area contributed by atoms with Crippen molar-refractivity contribution in [2.45, 2.75) is 38.8 Å².